The van der Waals surface area contributed by atoms with E-state index in [2.05, 4.69) is 10.6 Å². The van der Waals surface area contributed by atoms with Crippen molar-refractivity contribution in [2.75, 3.05) is 12.4 Å². The van der Waals surface area contributed by atoms with Crippen LogP contribution < -0.4 is 10.6 Å². The molecule has 0 aromatic heterocycles. The Labute approximate surface area is 146 Å². The summed E-state index contributed by atoms with van der Waals surface area (Å²) in [5.74, 6) is 0.128. The maximum absolute atomic E-state index is 12.4. The molecule has 0 aliphatic heterocycles. The third-order valence-electron chi connectivity index (χ3n) is 4.40. The van der Waals surface area contributed by atoms with E-state index in [1.165, 1.54) is 0 Å². The molecule has 0 bridgehead atoms. The molecule has 2 aromatic carbocycles. The van der Waals surface area contributed by atoms with Crippen LogP contribution in [0.15, 0.2) is 42.5 Å². The fourth-order valence-electron chi connectivity index (χ4n) is 2.88. The minimum atomic E-state index is -0.138. The molecule has 2 N–H and O–H groups in total. The first-order valence-electron chi connectivity index (χ1n) is 7.88. The van der Waals surface area contributed by atoms with Crippen LogP contribution in [0.4, 0.5) is 5.69 Å². The summed E-state index contributed by atoms with van der Waals surface area (Å²) in [5.41, 5.74) is 3.34. The average Bonchev–Trinajstić information content (AvgIpc) is 3.37. The van der Waals surface area contributed by atoms with Crippen LogP contribution in [0.2, 0.25) is 5.02 Å². The molecule has 0 saturated heterocycles. The van der Waals surface area contributed by atoms with E-state index < -0.39 is 0 Å². The van der Waals surface area contributed by atoms with Crippen molar-refractivity contribution in [1.82, 2.24) is 5.32 Å². The molecule has 124 valence electrons. The Bertz CT molecular complexity index is 786. The van der Waals surface area contributed by atoms with Crippen LogP contribution in [0, 0.1) is 12.8 Å². The van der Waals surface area contributed by atoms with Crippen molar-refractivity contribution >= 4 is 29.1 Å². The summed E-state index contributed by atoms with van der Waals surface area (Å²) in [6.07, 6.45) is 0.850. The van der Waals surface area contributed by atoms with Gasteiger partial charge in [0.05, 0.1) is 0 Å². The second-order valence-corrected chi connectivity index (χ2v) is 6.53. The van der Waals surface area contributed by atoms with Gasteiger partial charge in [-0.2, -0.15) is 0 Å². The fraction of sp³-hybridized carbons (Fsp3) is 0.263. The molecule has 2 aromatic rings. The zero-order chi connectivity index (χ0) is 17.3. The third kappa shape index (κ3) is 3.44. The van der Waals surface area contributed by atoms with Gasteiger partial charge in [-0.1, -0.05) is 23.7 Å². The topological polar surface area (TPSA) is 58.2 Å². The number of hydrogen-bond donors (Lipinski definition) is 2. The van der Waals surface area contributed by atoms with Gasteiger partial charge in [-0.3, -0.25) is 9.59 Å². The minimum Gasteiger partial charge on any atom is -0.355 e. The molecular weight excluding hydrogens is 324 g/mol. The molecule has 4 nitrogen and oxygen atoms in total. The minimum absolute atomic E-state index is 0.0100. The number of halogens is 1. The molecule has 1 saturated carbocycles. The summed E-state index contributed by atoms with van der Waals surface area (Å²) >= 11 is 5.90. The maximum atomic E-state index is 12.4. The Hall–Kier alpha value is -2.33. The van der Waals surface area contributed by atoms with Crippen molar-refractivity contribution in [2.45, 2.75) is 19.3 Å². The number of carbonyl (C=O) groups is 2. The summed E-state index contributed by atoms with van der Waals surface area (Å²) in [6, 6.07) is 12.9. The summed E-state index contributed by atoms with van der Waals surface area (Å²) in [6.45, 7) is 1.88. The highest BCUT2D eigenvalue weighted by molar-refractivity contribution is 6.30. The van der Waals surface area contributed by atoms with Gasteiger partial charge in [0, 0.05) is 29.2 Å². The van der Waals surface area contributed by atoms with E-state index in [4.69, 9.17) is 11.6 Å². The van der Waals surface area contributed by atoms with E-state index >= 15 is 0 Å². The Kier molecular flexibility index (Phi) is 4.58. The van der Waals surface area contributed by atoms with Crippen LogP contribution in [0.1, 0.15) is 33.8 Å². The molecule has 1 aliphatic rings. The molecular formula is C19H19ClN2O2. The fourth-order valence-corrected chi connectivity index (χ4v) is 3.00. The number of amides is 2. The van der Waals surface area contributed by atoms with Gasteiger partial charge < -0.3 is 10.6 Å². The van der Waals surface area contributed by atoms with E-state index in [0.29, 0.717) is 10.6 Å². The average molecular weight is 343 g/mol. The Morgan fingerprint density at radius 3 is 2.46 bits per heavy atom. The Morgan fingerprint density at radius 2 is 1.83 bits per heavy atom. The van der Waals surface area contributed by atoms with Crippen LogP contribution in [0.25, 0.3) is 0 Å². The SMILES string of the molecule is CNC(=O)c1ccc(NC(=O)[C@H]2C[C@H]2c2ccc(Cl)cc2)c(C)c1. The predicted octanol–water partition coefficient (Wildman–Crippen LogP) is 3.75. The second-order valence-electron chi connectivity index (χ2n) is 6.10. The molecule has 24 heavy (non-hydrogen) atoms. The first-order valence-corrected chi connectivity index (χ1v) is 8.26. The van der Waals surface area contributed by atoms with E-state index in [1.807, 2.05) is 31.2 Å². The van der Waals surface area contributed by atoms with Crippen LogP contribution >= 0.6 is 11.6 Å². The highest BCUT2D eigenvalue weighted by atomic mass is 35.5. The van der Waals surface area contributed by atoms with E-state index in [9.17, 15) is 9.59 Å². The van der Waals surface area contributed by atoms with Gasteiger partial charge in [0.2, 0.25) is 5.91 Å². The zero-order valence-corrected chi connectivity index (χ0v) is 14.4. The standard InChI is InChI=1S/C19H19ClN2O2/c1-11-9-13(18(23)21-2)5-8-17(11)22-19(24)16-10-15(16)12-3-6-14(20)7-4-12/h3-9,15-16H,10H2,1-2H3,(H,21,23)(H,22,24)/t15-,16-/m0/s1. The largest absolute Gasteiger partial charge is 0.355 e. The van der Waals surface area contributed by atoms with E-state index in [-0.39, 0.29) is 23.7 Å². The number of carbonyl (C=O) groups excluding carboxylic acids is 2. The van der Waals surface area contributed by atoms with Crippen molar-refractivity contribution in [2.24, 2.45) is 5.92 Å². The summed E-state index contributed by atoms with van der Waals surface area (Å²) in [5, 5.41) is 6.26. The van der Waals surface area contributed by atoms with Gasteiger partial charge in [-0.05, 0) is 60.7 Å². The lowest BCUT2D eigenvalue weighted by atomic mass is 10.1. The second kappa shape index (κ2) is 6.65. The molecule has 2 amide bonds. The zero-order valence-electron chi connectivity index (χ0n) is 13.6. The Balaban J connectivity index is 1.66. The van der Waals surface area contributed by atoms with Crippen LogP contribution in [-0.2, 0) is 4.79 Å². The van der Waals surface area contributed by atoms with Crippen molar-refractivity contribution in [3.05, 3.63) is 64.2 Å². The first kappa shape index (κ1) is 16.5. The predicted molar refractivity (Wildman–Crippen MR) is 95.5 cm³/mol. The van der Waals surface area contributed by atoms with Gasteiger partial charge in [0.1, 0.15) is 0 Å². The molecule has 5 heteroatoms. The van der Waals surface area contributed by atoms with Gasteiger partial charge in [0.15, 0.2) is 0 Å². The number of benzene rings is 2. The highest BCUT2D eigenvalue weighted by Gasteiger charge is 2.43. The molecule has 0 spiro atoms. The lowest BCUT2D eigenvalue weighted by Gasteiger charge is -2.10. The number of hydrogen-bond acceptors (Lipinski definition) is 2. The van der Waals surface area contributed by atoms with Gasteiger partial charge >= 0.3 is 0 Å². The summed E-state index contributed by atoms with van der Waals surface area (Å²) in [4.78, 5) is 24.1. The quantitative estimate of drug-likeness (QED) is 0.889. The molecule has 3 rings (SSSR count). The van der Waals surface area contributed by atoms with Crippen molar-refractivity contribution in [1.29, 1.82) is 0 Å². The number of nitrogens with one attached hydrogen (secondary N) is 2. The van der Waals surface area contributed by atoms with Crippen LogP contribution in [0.5, 0.6) is 0 Å². The Morgan fingerprint density at radius 1 is 1.12 bits per heavy atom. The lowest BCUT2D eigenvalue weighted by Crippen LogP contribution is -2.19. The van der Waals surface area contributed by atoms with Crippen molar-refractivity contribution in [3.63, 3.8) is 0 Å². The number of anilines is 1. The number of aryl methyl sites for hydroxylation is 1. The molecule has 0 heterocycles. The monoisotopic (exact) mass is 342 g/mol. The number of rotatable bonds is 4. The first-order chi connectivity index (χ1) is 11.5. The normalized spacial score (nSPS) is 18.8. The van der Waals surface area contributed by atoms with Crippen LogP contribution in [-0.4, -0.2) is 18.9 Å². The van der Waals surface area contributed by atoms with Gasteiger partial charge in [0.25, 0.3) is 5.91 Å². The summed E-state index contributed by atoms with van der Waals surface area (Å²) in [7, 11) is 1.59. The molecule has 0 unspecified atom stereocenters. The van der Waals surface area contributed by atoms with Crippen LogP contribution in [0.3, 0.4) is 0 Å². The molecule has 2 atom stereocenters. The molecule has 0 radical (unpaired) electrons. The van der Waals surface area contributed by atoms with E-state index in [1.54, 1.807) is 25.2 Å². The third-order valence-corrected chi connectivity index (χ3v) is 4.65. The lowest BCUT2D eigenvalue weighted by molar-refractivity contribution is -0.117. The van der Waals surface area contributed by atoms with E-state index in [0.717, 1.165) is 23.2 Å². The summed E-state index contributed by atoms with van der Waals surface area (Å²) < 4.78 is 0. The van der Waals surface area contributed by atoms with Gasteiger partial charge in [-0.25, -0.2) is 0 Å². The maximum Gasteiger partial charge on any atom is 0.251 e. The van der Waals surface area contributed by atoms with Crippen molar-refractivity contribution in [3.8, 4) is 0 Å². The highest BCUT2D eigenvalue weighted by Crippen LogP contribution is 2.48. The smallest absolute Gasteiger partial charge is 0.251 e. The van der Waals surface area contributed by atoms with Gasteiger partial charge in [-0.15, -0.1) is 0 Å². The molecule has 1 aliphatic carbocycles. The molecule has 1 fully saturated rings. The van der Waals surface area contributed by atoms with Crippen molar-refractivity contribution < 1.29 is 9.59 Å².